The van der Waals surface area contributed by atoms with E-state index >= 15 is 0 Å². The molecule has 0 bridgehead atoms. The topological polar surface area (TPSA) is 35.8 Å². The van der Waals surface area contributed by atoms with E-state index in [1.54, 1.807) is 0 Å². The van der Waals surface area contributed by atoms with Crippen LogP contribution in [0.25, 0.3) is 49.8 Å². The fraction of sp³-hybridized carbons (Fsp3) is 0.0938. The van der Waals surface area contributed by atoms with E-state index in [1.165, 1.54) is 0 Å². The van der Waals surface area contributed by atoms with Gasteiger partial charge in [-0.15, -0.1) is 0 Å². The van der Waals surface area contributed by atoms with Crippen LogP contribution < -0.4 is 5.46 Å². The van der Waals surface area contributed by atoms with E-state index in [4.69, 9.17) is 14.3 Å². The molecule has 1 aliphatic rings. The Balaban J connectivity index is 1.57. The number of benzene rings is 4. The van der Waals surface area contributed by atoms with Crippen molar-refractivity contribution in [3.8, 4) is 22.5 Å². The van der Waals surface area contributed by atoms with Crippen LogP contribution in [0.1, 0.15) is 13.8 Å². The zero-order valence-corrected chi connectivity index (χ0v) is 20.8. The lowest BCUT2D eigenvalue weighted by atomic mass is 9.78. The third-order valence-electron chi connectivity index (χ3n) is 7.29. The van der Waals surface area contributed by atoms with E-state index < -0.39 is 12.7 Å². The molecule has 6 aromatic rings. The fourth-order valence-electron chi connectivity index (χ4n) is 5.28. The molecule has 0 spiro atoms. The number of para-hydroxylation sites is 1. The molecule has 0 aliphatic carbocycles. The molecule has 0 atom stereocenters. The molecule has 3 heterocycles. The minimum absolute atomic E-state index is 0.485. The Bertz CT molecular complexity index is 1820. The van der Waals surface area contributed by atoms with Gasteiger partial charge in [0.15, 0.2) is 0 Å². The van der Waals surface area contributed by atoms with Crippen molar-refractivity contribution in [1.82, 2.24) is 9.38 Å². The molecule has 0 N–H and O–H groups in total. The number of rotatable bonds is 3. The molecule has 2 aromatic heterocycles. The van der Waals surface area contributed by atoms with Gasteiger partial charge in [-0.1, -0.05) is 104 Å². The summed E-state index contributed by atoms with van der Waals surface area (Å²) in [5.74, 6) is 0.645. The average molecular weight is 480 g/mol. The molecule has 0 saturated carbocycles. The summed E-state index contributed by atoms with van der Waals surface area (Å²) < 4.78 is 14.5. The Morgan fingerprint density at radius 1 is 0.757 bits per heavy atom. The third kappa shape index (κ3) is 3.39. The van der Waals surface area contributed by atoms with E-state index in [-0.39, 0.29) is 0 Å². The van der Waals surface area contributed by atoms with Crippen molar-refractivity contribution in [1.29, 1.82) is 0 Å². The number of fused-ring (bicyclic) bond motifs is 6. The van der Waals surface area contributed by atoms with E-state index in [2.05, 4.69) is 102 Å². The van der Waals surface area contributed by atoms with Gasteiger partial charge in [0, 0.05) is 21.9 Å². The van der Waals surface area contributed by atoms with Crippen molar-refractivity contribution in [2.45, 2.75) is 19.4 Å². The highest BCUT2D eigenvalue weighted by molar-refractivity contribution is 6.62. The van der Waals surface area contributed by atoms with Crippen molar-refractivity contribution < 1.29 is 9.31 Å². The van der Waals surface area contributed by atoms with E-state index in [0.29, 0.717) is 5.76 Å². The first-order chi connectivity index (χ1) is 18.0. The second kappa shape index (κ2) is 8.09. The molecule has 37 heavy (non-hydrogen) atoms. The van der Waals surface area contributed by atoms with Crippen LogP contribution in [0.2, 0.25) is 0 Å². The quantitative estimate of drug-likeness (QED) is 0.202. The van der Waals surface area contributed by atoms with Crippen molar-refractivity contribution in [2.75, 3.05) is 0 Å². The minimum atomic E-state index is -0.524. The van der Waals surface area contributed by atoms with Gasteiger partial charge in [-0.3, -0.25) is 4.40 Å². The van der Waals surface area contributed by atoms with Crippen molar-refractivity contribution >= 4 is 39.9 Å². The number of imidazole rings is 1. The SMILES string of the molecule is C=C1OB(c2ccc3c(c2)c2ccccc2n2c(-c4ccccc4)c(-c4ccccc4)nc32)OC1(C)C. The largest absolute Gasteiger partial charge is 0.563 e. The number of hydrogen-bond donors (Lipinski definition) is 0. The summed E-state index contributed by atoms with van der Waals surface area (Å²) >= 11 is 0. The smallest absolute Gasteiger partial charge is 0.534 e. The first kappa shape index (κ1) is 21.9. The van der Waals surface area contributed by atoms with Crippen molar-refractivity contribution in [2.24, 2.45) is 0 Å². The van der Waals surface area contributed by atoms with Gasteiger partial charge in [-0.2, -0.15) is 0 Å². The average Bonchev–Trinajstić information content (AvgIpc) is 3.47. The number of hydrogen-bond acceptors (Lipinski definition) is 3. The van der Waals surface area contributed by atoms with Gasteiger partial charge in [0.1, 0.15) is 11.2 Å². The summed E-state index contributed by atoms with van der Waals surface area (Å²) in [4.78, 5) is 5.29. The summed E-state index contributed by atoms with van der Waals surface area (Å²) in [5.41, 5.74) is 6.75. The highest BCUT2D eigenvalue weighted by Gasteiger charge is 2.42. The second-order valence-electron chi connectivity index (χ2n) is 10.0. The van der Waals surface area contributed by atoms with Gasteiger partial charge < -0.3 is 9.31 Å². The van der Waals surface area contributed by atoms with Crippen LogP contribution in [0.4, 0.5) is 0 Å². The zero-order valence-electron chi connectivity index (χ0n) is 20.8. The zero-order chi connectivity index (χ0) is 25.1. The Kier molecular flexibility index (Phi) is 4.79. The fourth-order valence-corrected chi connectivity index (χ4v) is 5.28. The summed E-state index contributed by atoms with van der Waals surface area (Å²) in [6, 6.07) is 35.9. The second-order valence-corrected chi connectivity index (χ2v) is 10.0. The Morgan fingerprint density at radius 3 is 2.14 bits per heavy atom. The van der Waals surface area contributed by atoms with E-state index in [9.17, 15) is 0 Å². The Labute approximate surface area is 215 Å². The molecule has 1 aliphatic heterocycles. The monoisotopic (exact) mass is 480 g/mol. The third-order valence-corrected chi connectivity index (χ3v) is 7.29. The van der Waals surface area contributed by atoms with Crippen LogP contribution in [0.15, 0.2) is 115 Å². The highest BCUT2D eigenvalue weighted by Crippen LogP contribution is 2.39. The molecular weight excluding hydrogens is 455 g/mol. The maximum atomic E-state index is 6.19. The molecule has 7 rings (SSSR count). The van der Waals surface area contributed by atoms with Gasteiger partial charge in [0.25, 0.3) is 0 Å². The Morgan fingerprint density at radius 2 is 1.43 bits per heavy atom. The summed E-state index contributed by atoms with van der Waals surface area (Å²) in [6.45, 7) is 8.01. The lowest BCUT2D eigenvalue weighted by Gasteiger charge is -2.15. The van der Waals surface area contributed by atoms with Crippen LogP contribution in [-0.2, 0) is 9.31 Å². The molecule has 178 valence electrons. The minimum Gasteiger partial charge on any atom is -0.534 e. The van der Waals surface area contributed by atoms with Crippen LogP contribution in [0.3, 0.4) is 0 Å². The number of nitrogens with zero attached hydrogens (tertiary/aromatic N) is 2. The predicted octanol–water partition coefficient (Wildman–Crippen LogP) is 7.01. The standard InChI is InChI=1S/C32H25BN2O2/c1-21-32(2,3)37-33(36-21)24-18-19-26-27(20-24)25-16-10-11-17-28(25)35-30(23-14-8-5-9-15-23)29(34-31(26)35)22-12-6-4-7-13-22/h4-20H,1H2,2-3H3. The van der Waals surface area contributed by atoms with Gasteiger partial charge in [0.05, 0.1) is 22.7 Å². The normalized spacial score (nSPS) is 15.1. The lowest BCUT2D eigenvalue weighted by Crippen LogP contribution is -2.34. The van der Waals surface area contributed by atoms with E-state index in [0.717, 1.165) is 55.3 Å². The van der Waals surface area contributed by atoms with Crippen molar-refractivity contribution in [3.63, 3.8) is 0 Å². The molecule has 4 nitrogen and oxygen atoms in total. The van der Waals surface area contributed by atoms with Crippen LogP contribution in [0, 0.1) is 0 Å². The highest BCUT2D eigenvalue weighted by atomic mass is 16.7. The maximum absolute atomic E-state index is 6.19. The molecular formula is C32H25BN2O2. The van der Waals surface area contributed by atoms with Gasteiger partial charge >= 0.3 is 7.12 Å². The molecule has 1 saturated heterocycles. The number of aromatic nitrogens is 2. The van der Waals surface area contributed by atoms with Crippen LogP contribution >= 0.6 is 0 Å². The predicted molar refractivity (Wildman–Crippen MR) is 152 cm³/mol. The molecule has 0 radical (unpaired) electrons. The lowest BCUT2D eigenvalue weighted by molar-refractivity contribution is 0.173. The Hall–Kier alpha value is -4.35. The summed E-state index contributed by atoms with van der Waals surface area (Å²) in [7, 11) is -0.485. The van der Waals surface area contributed by atoms with Crippen LogP contribution in [0.5, 0.6) is 0 Å². The molecule has 1 fully saturated rings. The van der Waals surface area contributed by atoms with Crippen LogP contribution in [-0.4, -0.2) is 22.1 Å². The first-order valence-corrected chi connectivity index (χ1v) is 12.5. The number of pyridine rings is 1. The molecule has 0 amide bonds. The maximum Gasteiger partial charge on any atom is 0.563 e. The summed E-state index contributed by atoms with van der Waals surface area (Å²) in [5, 5.41) is 3.35. The molecule has 5 heteroatoms. The molecule has 4 aromatic carbocycles. The van der Waals surface area contributed by atoms with E-state index in [1.807, 2.05) is 26.0 Å². The van der Waals surface area contributed by atoms with Gasteiger partial charge in [0.2, 0.25) is 0 Å². The molecule has 0 unspecified atom stereocenters. The first-order valence-electron chi connectivity index (χ1n) is 12.5. The summed E-state index contributed by atoms with van der Waals surface area (Å²) in [6.07, 6.45) is 0. The van der Waals surface area contributed by atoms with Crippen molar-refractivity contribution in [3.05, 3.63) is 115 Å². The van der Waals surface area contributed by atoms with Gasteiger partial charge in [-0.25, -0.2) is 4.98 Å². The van der Waals surface area contributed by atoms with Gasteiger partial charge in [-0.05, 0) is 30.8 Å².